The first-order chi connectivity index (χ1) is 12.7. The van der Waals surface area contributed by atoms with Gasteiger partial charge in [-0.25, -0.2) is 0 Å². The maximum absolute atomic E-state index is 12.8. The first-order valence-corrected chi connectivity index (χ1v) is 9.52. The normalized spacial score (nSPS) is 26.0. The summed E-state index contributed by atoms with van der Waals surface area (Å²) >= 11 is 0. The third-order valence-electron chi connectivity index (χ3n) is 6.73. The van der Waals surface area contributed by atoms with Gasteiger partial charge in [-0.05, 0) is 31.2 Å². The molecule has 27 heavy (non-hydrogen) atoms. The lowest BCUT2D eigenvalue weighted by Crippen LogP contribution is -2.51. The molecule has 0 N–H and O–H groups in total. The summed E-state index contributed by atoms with van der Waals surface area (Å²) in [5.74, 6) is 0.104. The van der Waals surface area contributed by atoms with Gasteiger partial charge in [0, 0.05) is 29.0 Å². The summed E-state index contributed by atoms with van der Waals surface area (Å²) in [7, 11) is 1.99. The smallest absolute Gasteiger partial charge is 0.178 e. The van der Waals surface area contributed by atoms with Gasteiger partial charge in [0.1, 0.15) is 6.07 Å². The number of hydrogen-bond donors (Lipinski definition) is 0. The number of rotatable bonds is 1. The largest absolute Gasteiger partial charge is 0.293 e. The Morgan fingerprint density at radius 3 is 2.63 bits per heavy atom. The van der Waals surface area contributed by atoms with Crippen molar-refractivity contribution in [1.82, 2.24) is 9.78 Å². The van der Waals surface area contributed by atoms with E-state index in [1.54, 1.807) is 0 Å². The molecule has 0 fully saturated rings. The molecule has 1 aromatic carbocycles. The van der Waals surface area contributed by atoms with Crippen molar-refractivity contribution in [1.29, 1.82) is 5.26 Å². The standard InChI is InChI=1S/C23H25N3O/c1-14-8-6-7-9-16(14)19-17-10-11-18-22(2,3)21(27)15(13-24)12-23(18,4)20(17)25-26(19)5/h6-9,12,18H,10-11H2,1-5H3/t18?,23-/m0/s1. The van der Waals surface area contributed by atoms with Gasteiger partial charge in [-0.3, -0.25) is 9.48 Å². The summed E-state index contributed by atoms with van der Waals surface area (Å²) in [6.45, 7) is 8.24. The Kier molecular flexibility index (Phi) is 3.72. The van der Waals surface area contributed by atoms with Crippen LogP contribution >= 0.6 is 0 Å². The maximum Gasteiger partial charge on any atom is 0.178 e. The van der Waals surface area contributed by atoms with E-state index >= 15 is 0 Å². The number of Topliss-reactive ketones (excluding diaryl/α,β-unsaturated/α-hetero) is 1. The van der Waals surface area contributed by atoms with Gasteiger partial charge in [0.05, 0.1) is 17.0 Å². The van der Waals surface area contributed by atoms with Crippen molar-refractivity contribution >= 4 is 5.78 Å². The second-order valence-corrected chi connectivity index (χ2v) is 8.71. The van der Waals surface area contributed by atoms with E-state index in [1.165, 1.54) is 16.7 Å². The van der Waals surface area contributed by atoms with E-state index in [2.05, 4.69) is 44.2 Å². The molecular formula is C23H25N3O. The molecule has 0 saturated carbocycles. The molecule has 2 aliphatic carbocycles. The Labute approximate surface area is 160 Å². The zero-order chi connectivity index (χ0) is 19.6. The van der Waals surface area contributed by atoms with E-state index in [0.29, 0.717) is 0 Å². The minimum atomic E-state index is -0.563. The molecule has 1 unspecified atom stereocenters. The summed E-state index contributed by atoms with van der Waals surface area (Å²) in [6, 6.07) is 10.5. The average Bonchev–Trinajstić information content (AvgIpc) is 2.96. The zero-order valence-electron chi connectivity index (χ0n) is 16.6. The van der Waals surface area contributed by atoms with E-state index < -0.39 is 10.8 Å². The molecule has 0 amide bonds. The van der Waals surface area contributed by atoms with E-state index in [4.69, 9.17) is 5.10 Å². The van der Waals surface area contributed by atoms with Crippen LogP contribution in [0.5, 0.6) is 0 Å². The van der Waals surface area contributed by atoms with Crippen LogP contribution in [0.4, 0.5) is 0 Å². The number of carbonyl (C=O) groups is 1. The molecule has 2 atom stereocenters. The third kappa shape index (κ3) is 2.27. The highest BCUT2D eigenvalue weighted by atomic mass is 16.1. The maximum atomic E-state index is 12.8. The molecule has 0 bridgehead atoms. The summed E-state index contributed by atoms with van der Waals surface area (Å²) < 4.78 is 1.98. The Morgan fingerprint density at radius 2 is 1.96 bits per heavy atom. The monoisotopic (exact) mass is 359 g/mol. The molecule has 1 aromatic heterocycles. The molecule has 2 aromatic rings. The minimum absolute atomic E-state index is 0.0361. The zero-order valence-corrected chi connectivity index (χ0v) is 16.6. The van der Waals surface area contributed by atoms with Crippen LogP contribution in [-0.2, 0) is 23.7 Å². The number of aromatic nitrogens is 2. The van der Waals surface area contributed by atoms with Crippen LogP contribution in [0.15, 0.2) is 35.9 Å². The van der Waals surface area contributed by atoms with E-state index in [1.807, 2.05) is 31.7 Å². The summed E-state index contributed by atoms with van der Waals surface area (Å²) in [5.41, 5.74) is 5.16. The first-order valence-electron chi connectivity index (χ1n) is 9.52. The number of hydrogen-bond acceptors (Lipinski definition) is 3. The van der Waals surface area contributed by atoms with Gasteiger partial charge >= 0.3 is 0 Å². The summed E-state index contributed by atoms with van der Waals surface area (Å²) in [6.07, 6.45) is 3.71. The number of fused-ring (bicyclic) bond motifs is 3. The molecule has 0 saturated heterocycles. The van der Waals surface area contributed by atoms with Crippen LogP contribution in [0.1, 0.15) is 44.0 Å². The molecule has 138 valence electrons. The van der Waals surface area contributed by atoms with Gasteiger partial charge in [0.25, 0.3) is 0 Å². The fraction of sp³-hybridized carbons (Fsp3) is 0.435. The predicted molar refractivity (Wildman–Crippen MR) is 105 cm³/mol. The van der Waals surface area contributed by atoms with Gasteiger partial charge in [0.15, 0.2) is 5.78 Å². The number of nitrogens with zero attached hydrogens (tertiary/aromatic N) is 3. The number of allylic oxidation sites excluding steroid dienone is 2. The van der Waals surface area contributed by atoms with Gasteiger partial charge < -0.3 is 0 Å². The van der Waals surface area contributed by atoms with Crippen molar-refractivity contribution in [2.45, 2.75) is 46.0 Å². The predicted octanol–water partition coefficient (Wildman–Crippen LogP) is 4.27. The molecule has 4 nitrogen and oxygen atoms in total. The minimum Gasteiger partial charge on any atom is -0.293 e. The Hall–Kier alpha value is -2.67. The molecule has 0 aliphatic heterocycles. The fourth-order valence-corrected chi connectivity index (χ4v) is 5.40. The Balaban J connectivity index is 1.98. The number of carbonyl (C=O) groups excluding carboxylic acids is 1. The van der Waals surface area contributed by atoms with Crippen molar-refractivity contribution in [3.8, 4) is 17.3 Å². The topological polar surface area (TPSA) is 58.7 Å². The van der Waals surface area contributed by atoms with Gasteiger partial charge in [0.2, 0.25) is 0 Å². The Bertz CT molecular complexity index is 1030. The average molecular weight is 359 g/mol. The highest BCUT2D eigenvalue weighted by Crippen LogP contribution is 2.55. The lowest BCUT2D eigenvalue weighted by atomic mass is 9.52. The molecule has 4 heteroatoms. The highest BCUT2D eigenvalue weighted by Gasteiger charge is 2.55. The lowest BCUT2D eigenvalue weighted by Gasteiger charge is -2.49. The summed E-state index contributed by atoms with van der Waals surface area (Å²) in [4.78, 5) is 12.8. The number of nitriles is 1. The van der Waals surface area contributed by atoms with Crippen LogP contribution in [0, 0.1) is 29.6 Å². The highest BCUT2D eigenvalue weighted by molar-refractivity contribution is 6.04. The number of ketones is 1. The first kappa shape index (κ1) is 17.7. The van der Waals surface area contributed by atoms with E-state index in [-0.39, 0.29) is 17.3 Å². The SMILES string of the molecule is Cc1ccccc1-c1c2c(nn1C)[C@@]1(C)C=C(C#N)C(=O)C(C)(C)C1CC2. The van der Waals surface area contributed by atoms with Crippen LogP contribution in [0.3, 0.4) is 0 Å². The third-order valence-corrected chi connectivity index (χ3v) is 6.73. The fourth-order valence-electron chi connectivity index (χ4n) is 5.40. The van der Waals surface area contributed by atoms with Crippen LogP contribution in [0.25, 0.3) is 11.3 Å². The van der Waals surface area contributed by atoms with Crippen molar-refractivity contribution < 1.29 is 4.79 Å². The van der Waals surface area contributed by atoms with Crippen molar-refractivity contribution in [2.24, 2.45) is 18.4 Å². The van der Waals surface area contributed by atoms with Crippen LogP contribution < -0.4 is 0 Å². The van der Waals surface area contributed by atoms with Crippen molar-refractivity contribution in [3.05, 3.63) is 52.7 Å². The van der Waals surface area contributed by atoms with Crippen LogP contribution in [0.2, 0.25) is 0 Å². The van der Waals surface area contributed by atoms with Gasteiger partial charge in [-0.15, -0.1) is 0 Å². The summed E-state index contributed by atoms with van der Waals surface area (Å²) in [5, 5.41) is 14.5. The van der Waals surface area contributed by atoms with Crippen molar-refractivity contribution in [3.63, 3.8) is 0 Å². The lowest BCUT2D eigenvalue weighted by molar-refractivity contribution is -0.128. The molecular weight excluding hydrogens is 334 g/mol. The number of benzene rings is 1. The molecule has 0 spiro atoms. The van der Waals surface area contributed by atoms with E-state index in [0.717, 1.165) is 24.2 Å². The van der Waals surface area contributed by atoms with Gasteiger partial charge in [-0.1, -0.05) is 51.1 Å². The van der Waals surface area contributed by atoms with Crippen LogP contribution in [-0.4, -0.2) is 15.6 Å². The molecule has 4 rings (SSSR count). The van der Waals surface area contributed by atoms with Gasteiger partial charge in [-0.2, -0.15) is 10.4 Å². The Morgan fingerprint density at radius 1 is 1.26 bits per heavy atom. The number of aryl methyl sites for hydroxylation is 2. The second kappa shape index (κ2) is 5.66. The van der Waals surface area contributed by atoms with Crippen molar-refractivity contribution in [2.75, 3.05) is 0 Å². The van der Waals surface area contributed by atoms with E-state index in [9.17, 15) is 10.1 Å². The second-order valence-electron chi connectivity index (χ2n) is 8.71. The molecule has 2 aliphatic rings. The molecule has 1 heterocycles. The molecule has 0 radical (unpaired) electrons. The quantitative estimate of drug-likeness (QED) is 0.764.